The standard InChI is InChI=1S/C12H16N2O2S/c15-10-4-1-3-9-11(10)17-12(13-9)14-5-2-7-16-8-6-14/h1-8H2. The summed E-state index contributed by atoms with van der Waals surface area (Å²) in [6, 6.07) is 0. The van der Waals surface area contributed by atoms with Crippen LogP contribution in [0.4, 0.5) is 5.13 Å². The van der Waals surface area contributed by atoms with E-state index >= 15 is 0 Å². The van der Waals surface area contributed by atoms with E-state index < -0.39 is 0 Å². The molecule has 17 heavy (non-hydrogen) atoms. The lowest BCUT2D eigenvalue weighted by atomic mass is 10.0. The van der Waals surface area contributed by atoms with Crippen LogP contribution in [0.5, 0.6) is 0 Å². The van der Waals surface area contributed by atoms with Gasteiger partial charge in [-0.15, -0.1) is 0 Å². The highest BCUT2D eigenvalue weighted by Crippen LogP contribution is 2.32. The molecule has 0 radical (unpaired) electrons. The number of carbonyl (C=O) groups excluding carboxylic acids is 1. The van der Waals surface area contributed by atoms with E-state index in [1.165, 1.54) is 0 Å². The van der Waals surface area contributed by atoms with Crippen molar-refractivity contribution in [2.24, 2.45) is 0 Å². The lowest BCUT2D eigenvalue weighted by molar-refractivity contribution is 0.0976. The van der Waals surface area contributed by atoms with Gasteiger partial charge in [0.05, 0.1) is 17.2 Å². The summed E-state index contributed by atoms with van der Waals surface area (Å²) >= 11 is 1.57. The number of ketones is 1. The fourth-order valence-corrected chi connectivity index (χ4v) is 3.46. The van der Waals surface area contributed by atoms with Crippen LogP contribution >= 0.6 is 11.3 Å². The van der Waals surface area contributed by atoms with Crippen LogP contribution in [-0.4, -0.2) is 37.1 Å². The van der Waals surface area contributed by atoms with E-state index in [4.69, 9.17) is 4.74 Å². The van der Waals surface area contributed by atoms with Gasteiger partial charge in [0.15, 0.2) is 10.9 Å². The number of nitrogens with zero attached hydrogens (tertiary/aromatic N) is 2. The SMILES string of the molecule is O=C1CCCc2nc(N3CCCOCC3)sc21. The molecule has 0 aromatic carbocycles. The van der Waals surface area contributed by atoms with E-state index in [0.717, 1.165) is 61.3 Å². The molecule has 5 heteroatoms. The maximum Gasteiger partial charge on any atom is 0.186 e. The number of Topliss-reactive ketones (excluding diaryl/α,β-unsaturated/α-hetero) is 1. The third-order valence-electron chi connectivity index (χ3n) is 3.25. The number of anilines is 1. The molecule has 1 aliphatic heterocycles. The van der Waals surface area contributed by atoms with Gasteiger partial charge in [-0.2, -0.15) is 0 Å². The monoisotopic (exact) mass is 252 g/mol. The van der Waals surface area contributed by atoms with E-state index in [-0.39, 0.29) is 5.78 Å². The highest BCUT2D eigenvalue weighted by atomic mass is 32.1. The molecular formula is C12H16N2O2S. The normalized spacial score (nSPS) is 21.2. The maximum absolute atomic E-state index is 11.8. The first-order chi connectivity index (χ1) is 8.34. The van der Waals surface area contributed by atoms with Gasteiger partial charge in [-0.05, 0) is 19.3 Å². The molecule has 1 saturated heterocycles. The van der Waals surface area contributed by atoms with Gasteiger partial charge in [0, 0.05) is 26.1 Å². The molecule has 1 aromatic heterocycles. The minimum absolute atomic E-state index is 0.279. The average Bonchev–Trinajstić information content (AvgIpc) is 2.59. The Labute approximate surface area is 105 Å². The van der Waals surface area contributed by atoms with Gasteiger partial charge >= 0.3 is 0 Å². The molecular weight excluding hydrogens is 236 g/mol. The van der Waals surface area contributed by atoms with E-state index in [1.54, 1.807) is 11.3 Å². The van der Waals surface area contributed by atoms with E-state index in [0.29, 0.717) is 6.42 Å². The number of ether oxygens (including phenoxy) is 1. The highest BCUT2D eigenvalue weighted by molar-refractivity contribution is 7.17. The maximum atomic E-state index is 11.8. The molecule has 0 spiro atoms. The van der Waals surface area contributed by atoms with Crippen molar-refractivity contribution in [1.29, 1.82) is 0 Å². The lowest BCUT2D eigenvalue weighted by Crippen LogP contribution is -2.25. The molecule has 0 unspecified atom stereocenters. The Morgan fingerprint density at radius 3 is 3.00 bits per heavy atom. The van der Waals surface area contributed by atoms with Gasteiger partial charge in [0.2, 0.25) is 0 Å². The first kappa shape index (κ1) is 11.2. The summed E-state index contributed by atoms with van der Waals surface area (Å²) in [5, 5.41) is 1.01. The molecule has 1 aliphatic carbocycles. The van der Waals surface area contributed by atoms with Crippen LogP contribution in [0, 0.1) is 0 Å². The van der Waals surface area contributed by atoms with Gasteiger partial charge in [-0.25, -0.2) is 4.98 Å². The zero-order valence-electron chi connectivity index (χ0n) is 9.78. The van der Waals surface area contributed by atoms with Crippen molar-refractivity contribution in [3.8, 4) is 0 Å². The fourth-order valence-electron chi connectivity index (χ4n) is 2.33. The van der Waals surface area contributed by atoms with Crippen molar-refractivity contribution >= 4 is 22.3 Å². The predicted octanol–water partition coefficient (Wildman–Crippen LogP) is 1.89. The van der Waals surface area contributed by atoms with Crippen molar-refractivity contribution in [1.82, 2.24) is 4.98 Å². The van der Waals surface area contributed by atoms with Gasteiger partial charge in [-0.1, -0.05) is 11.3 Å². The first-order valence-electron chi connectivity index (χ1n) is 6.20. The topological polar surface area (TPSA) is 42.4 Å². The van der Waals surface area contributed by atoms with E-state index in [2.05, 4.69) is 9.88 Å². The van der Waals surface area contributed by atoms with Gasteiger partial charge < -0.3 is 9.64 Å². The second kappa shape index (κ2) is 4.74. The van der Waals surface area contributed by atoms with E-state index in [1.807, 2.05) is 0 Å². The van der Waals surface area contributed by atoms with Gasteiger partial charge in [-0.3, -0.25) is 4.79 Å². The molecule has 92 valence electrons. The molecule has 1 aromatic rings. The second-order valence-corrected chi connectivity index (χ2v) is 5.48. The van der Waals surface area contributed by atoms with Crippen molar-refractivity contribution in [3.05, 3.63) is 10.6 Å². The Morgan fingerprint density at radius 1 is 1.18 bits per heavy atom. The highest BCUT2D eigenvalue weighted by Gasteiger charge is 2.24. The number of aryl methyl sites for hydroxylation is 1. The quantitative estimate of drug-likeness (QED) is 0.765. The number of aromatic nitrogens is 1. The van der Waals surface area contributed by atoms with Crippen LogP contribution in [0.1, 0.15) is 34.6 Å². The summed E-state index contributed by atoms with van der Waals surface area (Å²) < 4.78 is 5.44. The number of carbonyl (C=O) groups is 1. The van der Waals surface area contributed by atoms with Gasteiger partial charge in [0.25, 0.3) is 0 Å². The van der Waals surface area contributed by atoms with Crippen molar-refractivity contribution in [2.45, 2.75) is 25.7 Å². The van der Waals surface area contributed by atoms with Crippen LogP contribution in [-0.2, 0) is 11.2 Å². The van der Waals surface area contributed by atoms with Crippen LogP contribution in [0.15, 0.2) is 0 Å². The van der Waals surface area contributed by atoms with Crippen LogP contribution < -0.4 is 4.90 Å². The molecule has 2 heterocycles. The third-order valence-corrected chi connectivity index (χ3v) is 4.45. The van der Waals surface area contributed by atoms with Crippen molar-refractivity contribution in [3.63, 3.8) is 0 Å². The Kier molecular flexibility index (Phi) is 3.11. The molecule has 2 aliphatic rings. The molecule has 1 fully saturated rings. The summed E-state index contributed by atoms with van der Waals surface area (Å²) in [5.41, 5.74) is 1.02. The summed E-state index contributed by atoms with van der Waals surface area (Å²) in [7, 11) is 0. The molecule has 0 atom stereocenters. The average molecular weight is 252 g/mol. The predicted molar refractivity (Wildman–Crippen MR) is 67.0 cm³/mol. The summed E-state index contributed by atoms with van der Waals surface area (Å²) in [6.07, 6.45) is 3.65. The van der Waals surface area contributed by atoms with Gasteiger partial charge in [0.1, 0.15) is 0 Å². The Balaban J connectivity index is 1.85. The Morgan fingerprint density at radius 2 is 2.12 bits per heavy atom. The zero-order valence-corrected chi connectivity index (χ0v) is 10.6. The summed E-state index contributed by atoms with van der Waals surface area (Å²) in [6.45, 7) is 3.47. The van der Waals surface area contributed by atoms with Crippen LogP contribution in [0.2, 0.25) is 0 Å². The number of fused-ring (bicyclic) bond motifs is 1. The lowest BCUT2D eigenvalue weighted by Gasteiger charge is -2.17. The zero-order chi connectivity index (χ0) is 11.7. The fraction of sp³-hybridized carbons (Fsp3) is 0.667. The largest absolute Gasteiger partial charge is 0.380 e. The Bertz CT molecular complexity index is 422. The number of hydrogen-bond acceptors (Lipinski definition) is 5. The molecule has 0 bridgehead atoms. The minimum atomic E-state index is 0.279. The number of rotatable bonds is 1. The molecule has 3 rings (SSSR count). The minimum Gasteiger partial charge on any atom is -0.380 e. The summed E-state index contributed by atoms with van der Waals surface area (Å²) in [4.78, 5) is 19.6. The van der Waals surface area contributed by atoms with Crippen LogP contribution in [0.25, 0.3) is 0 Å². The van der Waals surface area contributed by atoms with Crippen molar-refractivity contribution < 1.29 is 9.53 Å². The Hall–Kier alpha value is -0.940. The molecule has 0 saturated carbocycles. The first-order valence-corrected chi connectivity index (χ1v) is 7.02. The van der Waals surface area contributed by atoms with Crippen LogP contribution in [0.3, 0.4) is 0 Å². The second-order valence-electron chi connectivity index (χ2n) is 4.50. The molecule has 4 nitrogen and oxygen atoms in total. The number of thiazole rings is 1. The van der Waals surface area contributed by atoms with E-state index in [9.17, 15) is 4.79 Å². The number of hydrogen-bond donors (Lipinski definition) is 0. The molecule has 0 N–H and O–H groups in total. The smallest absolute Gasteiger partial charge is 0.186 e. The van der Waals surface area contributed by atoms with Crippen molar-refractivity contribution in [2.75, 3.05) is 31.2 Å². The summed E-state index contributed by atoms with van der Waals surface area (Å²) in [5.74, 6) is 0.279. The third kappa shape index (κ3) is 2.21. The molecule has 0 amide bonds.